The fourth-order valence-electron chi connectivity index (χ4n) is 1.34. The third-order valence-corrected chi connectivity index (χ3v) is 2.69. The minimum Gasteiger partial charge on any atom is -0.394 e. The summed E-state index contributed by atoms with van der Waals surface area (Å²) in [7, 11) is 1.51. The molecule has 0 saturated carbocycles. The maximum atomic E-state index is 13.3. The molecule has 0 aliphatic carbocycles. The van der Waals surface area contributed by atoms with Gasteiger partial charge in [0.05, 0.1) is 19.1 Å². The molecule has 0 fully saturated rings. The number of halogens is 2. The van der Waals surface area contributed by atoms with E-state index < -0.39 is 11.6 Å². The first-order chi connectivity index (χ1) is 7.97. The fourth-order valence-corrected chi connectivity index (χ4v) is 1.34. The number of hydrogen-bond donors (Lipinski definition) is 1. The minimum absolute atomic E-state index is 0.0204. The van der Waals surface area contributed by atoms with Gasteiger partial charge in [-0.25, -0.2) is 8.78 Å². The lowest BCUT2D eigenvalue weighted by molar-refractivity contribution is -0.131. The monoisotopic (exact) mass is 243 g/mol. The number of aliphatic hydroxyl groups is 1. The smallest absolute Gasteiger partial charge is 0.227 e. The van der Waals surface area contributed by atoms with Gasteiger partial charge in [-0.2, -0.15) is 0 Å². The Kier molecular flexibility index (Phi) is 4.57. The van der Waals surface area contributed by atoms with Crippen molar-refractivity contribution in [2.45, 2.75) is 19.4 Å². The van der Waals surface area contributed by atoms with Crippen LogP contribution in [0.2, 0.25) is 0 Å². The number of amides is 1. The Hall–Kier alpha value is -1.49. The Morgan fingerprint density at radius 2 is 2.12 bits per heavy atom. The molecule has 0 saturated heterocycles. The Balaban J connectivity index is 2.78. The molecule has 1 amide bonds. The van der Waals surface area contributed by atoms with E-state index in [-0.39, 0.29) is 30.5 Å². The number of rotatable bonds is 4. The van der Waals surface area contributed by atoms with E-state index in [2.05, 4.69) is 0 Å². The van der Waals surface area contributed by atoms with Crippen LogP contribution in [0.25, 0.3) is 0 Å². The third kappa shape index (κ3) is 3.23. The molecular weight excluding hydrogens is 228 g/mol. The van der Waals surface area contributed by atoms with Crippen molar-refractivity contribution < 1.29 is 18.7 Å². The maximum Gasteiger partial charge on any atom is 0.227 e. The molecule has 0 aromatic heterocycles. The van der Waals surface area contributed by atoms with Gasteiger partial charge in [0.15, 0.2) is 11.6 Å². The van der Waals surface area contributed by atoms with Crippen LogP contribution < -0.4 is 0 Å². The van der Waals surface area contributed by atoms with Crippen molar-refractivity contribution >= 4 is 5.91 Å². The molecule has 1 aromatic carbocycles. The largest absolute Gasteiger partial charge is 0.394 e. The van der Waals surface area contributed by atoms with Gasteiger partial charge in [-0.15, -0.1) is 0 Å². The first-order valence-corrected chi connectivity index (χ1v) is 5.26. The van der Waals surface area contributed by atoms with Gasteiger partial charge in [-0.3, -0.25) is 4.79 Å². The van der Waals surface area contributed by atoms with Crippen molar-refractivity contribution in [3.63, 3.8) is 0 Å². The summed E-state index contributed by atoms with van der Waals surface area (Å²) in [6, 6.07) is 3.38. The highest BCUT2D eigenvalue weighted by molar-refractivity contribution is 5.78. The van der Waals surface area contributed by atoms with E-state index in [9.17, 15) is 13.6 Å². The summed E-state index contributed by atoms with van der Waals surface area (Å²) in [5.41, 5.74) is 0.0204. The van der Waals surface area contributed by atoms with Crippen molar-refractivity contribution in [2.24, 2.45) is 0 Å². The van der Waals surface area contributed by atoms with Gasteiger partial charge in [-0.05, 0) is 13.0 Å². The second-order valence-corrected chi connectivity index (χ2v) is 3.93. The molecule has 0 spiro atoms. The van der Waals surface area contributed by atoms with Gasteiger partial charge in [0, 0.05) is 12.6 Å². The van der Waals surface area contributed by atoms with Gasteiger partial charge in [0.25, 0.3) is 0 Å². The number of aliphatic hydroxyl groups excluding tert-OH is 1. The van der Waals surface area contributed by atoms with Crippen molar-refractivity contribution in [3.05, 3.63) is 35.4 Å². The van der Waals surface area contributed by atoms with E-state index in [1.54, 1.807) is 6.92 Å². The van der Waals surface area contributed by atoms with E-state index in [4.69, 9.17) is 5.11 Å². The maximum absolute atomic E-state index is 13.3. The standard InChI is InChI=1S/C12H15F2NO2/c1-8(7-16)15(2)11(17)6-9-4-3-5-10(13)12(9)14/h3-5,8,16H,6-7H2,1-2H3. The normalized spacial score (nSPS) is 12.3. The summed E-state index contributed by atoms with van der Waals surface area (Å²) in [6.07, 6.45) is -0.218. The highest BCUT2D eigenvalue weighted by atomic mass is 19.2. The number of carbonyl (C=O) groups is 1. The molecule has 0 aliphatic heterocycles. The fraction of sp³-hybridized carbons (Fsp3) is 0.417. The van der Waals surface area contributed by atoms with Crippen LogP contribution in [0.5, 0.6) is 0 Å². The van der Waals surface area contributed by atoms with Gasteiger partial charge in [0.1, 0.15) is 0 Å². The van der Waals surface area contributed by atoms with Gasteiger partial charge >= 0.3 is 0 Å². The third-order valence-electron chi connectivity index (χ3n) is 2.69. The van der Waals surface area contributed by atoms with E-state index in [0.29, 0.717) is 0 Å². The van der Waals surface area contributed by atoms with Crippen LogP contribution in [0.15, 0.2) is 18.2 Å². The summed E-state index contributed by atoms with van der Waals surface area (Å²) < 4.78 is 26.2. The Morgan fingerprint density at radius 3 is 2.71 bits per heavy atom. The molecular formula is C12H15F2NO2. The van der Waals surface area contributed by atoms with Crippen LogP contribution in [0.1, 0.15) is 12.5 Å². The highest BCUT2D eigenvalue weighted by Crippen LogP contribution is 2.13. The zero-order valence-electron chi connectivity index (χ0n) is 9.78. The first-order valence-electron chi connectivity index (χ1n) is 5.26. The average molecular weight is 243 g/mol. The summed E-state index contributed by atoms with van der Waals surface area (Å²) in [5, 5.41) is 8.89. The van der Waals surface area contributed by atoms with Crippen molar-refractivity contribution in [2.75, 3.05) is 13.7 Å². The summed E-state index contributed by atoms with van der Waals surface area (Å²) in [4.78, 5) is 13.0. The topological polar surface area (TPSA) is 40.5 Å². The predicted molar refractivity (Wildman–Crippen MR) is 59.4 cm³/mol. The molecule has 17 heavy (non-hydrogen) atoms. The van der Waals surface area contributed by atoms with Gasteiger partial charge < -0.3 is 10.0 Å². The number of carbonyl (C=O) groups excluding carboxylic acids is 1. The molecule has 0 radical (unpaired) electrons. The first kappa shape index (κ1) is 13.6. The lowest BCUT2D eigenvalue weighted by Gasteiger charge is -2.23. The molecule has 1 N–H and O–H groups in total. The summed E-state index contributed by atoms with van der Waals surface area (Å²) in [5.74, 6) is -2.32. The molecule has 1 rings (SSSR count). The summed E-state index contributed by atoms with van der Waals surface area (Å²) >= 11 is 0. The van der Waals surface area contributed by atoms with Crippen LogP contribution in [0.4, 0.5) is 8.78 Å². The molecule has 94 valence electrons. The number of likely N-dealkylation sites (N-methyl/N-ethyl adjacent to an activating group) is 1. The average Bonchev–Trinajstić information content (AvgIpc) is 2.32. The Labute approximate surface area is 98.7 Å². The van der Waals surface area contributed by atoms with Gasteiger partial charge in [-0.1, -0.05) is 12.1 Å². The zero-order valence-corrected chi connectivity index (χ0v) is 9.78. The molecule has 0 aliphatic rings. The number of benzene rings is 1. The van der Waals surface area contributed by atoms with Crippen LogP contribution in [0, 0.1) is 11.6 Å². The van der Waals surface area contributed by atoms with Crippen LogP contribution in [-0.4, -0.2) is 35.6 Å². The van der Waals surface area contributed by atoms with E-state index in [1.807, 2.05) is 0 Å². The van der Waals surface area contributed by atoms with Crippen LogP contribution in [0.3, 0.4) is 0 Å². The Bertz CT molecular complexity index is 409. The van der Waals surface area contributed by atoms with E-state index >= 15 is 0 Å². The van der Waals surface area contributed by atoms with Crippen molar-refractivity contribution in [1.29, 1.82) is 0 Å². The molecule has 5 heteroatoms. The van der Waals surface area contributed by atoms with E-state index in [0.717, 1.165) is 6.07 Å². The van der Waals surface area contributed by atoms with Gasteiger partial charge in [0.2, 0.25) is 5.91 Å². The Morgan fingerprint density at radius 1 is 1.47 bits per heavy atom. The van der Waals surface area contributed by atoms with Crippen LogP contribution >= 0.6 is 0 Å². The second-order valence-electron chi connectivity index (χ2n) is 3.93. The highest BCUT2D eigenvalue weighted by Gasteiger charge is 2.17. The molecule has 0 bridgehead atoms. The van der Waals surface area contributed by atoms with Crippen molar-refractivity contribution in [1.82, 2.24) is 4.90 Å². The van der Waals surface area contributed by atoms with Crippen LogP contribution in [-0.2, 0) is 11.2 Å². The number of nitrogens with zero attached hydrogens (tertiary/aromatic N) is 1. The molecule has 1 aromatic rings. The summed E-state index contributed by atoms with van der Waals surface area (Å²) in [6.45, 7) is 1.49. The molecule has 0 heterocycles. The lowest BCUT2D eigenvalue weighted by atomic mass is 10.1. The molecule has 3 nitrogen and oxygen atoms in total. The predicted octanol–water partition coefficient (Wildman–Crippen LogP) is 1.35. The van der Waals surface area contributed by atoms with Crippen molar-refractivity contribution in [3.8, 4) is 0 Å². The second kappa shape index (κ2) is 5.72. The lowest BCUT2D eigenvalue weighted by Crippen LogP contribution is -2.38. The van der Waals surface area contributed by atoms with E-state index in [1.165, 1.54) is 24.1 Å². The number of hydrogen-bond acceptors (Lipinski definition) is 2. The minimum atomic E-state index is -0.995. The molecule has 1 atom stereocenters. The SMILES string of the molecule is CC(CO)N(C)C(=O)Cc1cccc(F)c1F. The molecule has 1 unspecified atom stereocenters. The zero-order chi connectivity index (χ0) is 13.0. The quantitative estimate of drug-likeness (QED) is 0.867.